The van der Waals surface area contributed by atoms with Crippen LogP contribution >= 0.6 is 0 Å². The fraction of sp³-hybridized carbons (Fsp3) is 1.00. The number of nitrogens with two attached hydrogens (primary N) is 1. The normalized spacial score (nSPS) is 41.8. The molecule has 2 aliphatic rings. The van der Waals surface area contributed by atoms with E-state index in [9.17, 15) is 0 Å². The van der Waals surface area contributed by atoms with Crippen LogP contribution in [-0.4, -0.2) is 6.04 Å². The van der Waals surface area contributed by atoms with Crippen molar-refractivity contribution in [1.29, 1.82) is 0 Å². The highest BCUT2D eigenvalue weighted by Gasteiger charge is 2.42. The van der Waals surface area contributed by atoms with Gasteiger partial charge in [-0.15, -0.1) is 0 Å². The summed E-state index contributed by atoms with van der Waals surface area (Å²) in [6.07, 6.45) is 9.93. The Kier molecular flexibility index (Phi) is 3.63. The minimum atomic E-state index is 0.458. The van der Waals surface area contributed by atoms with Gasteiger partial charge in [0.15, 0.2) is 0 Å². The lowest BCUT2D eigenvalue weighted by molar-refractivity contribution is 0.0641. The molecule has 0 saturated heterocycles. The summed E-state index contributed by atoms with van der Waals surface area (Å²) in [5, 5.41) is 0. The maximum atomic E-state index is 6.42. The third-order valence-corrected chi connectivity index (χ3v) is 5.50. The quantitative estimate of drug-likeness (QED) is 0.753. The monoisotopic (exact) mass is 223 g/mol. The molecule has 0 amide bonds. The third kappa shape index (κ3) is 2.30. The molecule has 2 fully saturated rings. The first-order chi connectivity index (χ1) is 7.53. The van der Waals surface area contributed by atoms with Gasteiger partial charge in [-0.25, -0.2) is 0 Å². The lowest BCUT2D eigenvalue weighted by Gasteiger charge is -2.46. The molecule has 2 aliphatic carbocycles. The van der Waals surface area contributed by atoms with Crippen LogP contribution in [0.25, 0.3) is 0 Å². The van der Waals surface area contributed by atoms with E-state index in [2.05, 4.69) is 20.8 Å². The molecular formula is C15H29N. The zero-order valence-electron chi connectivity index (χ0n) is 11.3. The van der Waals surface area contributed by atoms with Gasteiger partial charge < -0.3 is 5.73 Å². The van der Waals surface area contributed by atoms with Crippen LogP contribution in [0.2, 0.25) is 0 Å². The fourth-order valence-corrected chi connectivity index (χ4v) is 4.32. The number of hydrogen-bond donors (Lipinski definition) is 1. The average Bonchev–Trinajstić information content (AvgIpc) is 2.69. The second-order valence-electron chi connectivity index (χ2n) is 6.95. The molecule has 0 bridgehead atoms. The Morgan fingerprint density at radius 2 is 1.75 bits per heavy atom. The lowest BCUT2D eigenvalue weighted by atomic mass is 9.61. The van der Waals surface area contributed by atoms with Gasteiger partial charge in [0.25, 0.3) is 0 Å². The standard InChI is InChI=1S/C15H29N/c1-11(2)13-8-9-15(3,10-14(13)16)12-6-4-5-7-12/h11-14H,4-10,16H2,1-3H3. The molecule has 0 aromatic rings. The lowest BCUT2D eigenvalue weighted by Crippen LogP contribution is -2.45. The first kappa shape index (κ1) is 12.4. The Morgan fingerprint density at radius 3 is 2.25 bits per heavy atom. The van der Waals surface area contributed by atoms with Crippen LogP contribution in [0.3, 0.4) is 0 Å². The average molecular weight is 223 g/mol. The van der Waals surface area contributed by atoms with Crippen molar-refractivity contribution >= 4 is 0 Å². The van der Waals surface area contributed by atoms with Gasteiger partial charge in [0.05, 0.1) is 0 Å². The summed E-state index contributed by atoms with van der Waals surface area (Å²) in [7, 11) is 0. The van der Waals surface area contributed by atoms with Crippen molar-refractivity contribution in [3.63, 3.8) is 0 Å². The zero-order chi connectivity index (χ0) is 11.8. The molecule has 16 heavy (non-hydrogen) atoms. The molecule has 0 radical (unpaired) electrons. The fourth-order valence-electron chi connectivity index (χ4n) is 4.32. The molecule has 2 N–H and O–H groups in total. The van der Waals surface area contributed by atoms with Gasteiger partial charge in [0, 0.05) is 6.04 Å². The molecule has 0 spiro atoms. The SMILES string of the molecule is CC(C)C1CCC(C)(C2CCCC2)CC1N. The van der Waals surface area contributed by atoms with E-state index in [1.165, 1.54) is 44.9 Å². The van der Waals surface area contributed by atoms with Crippen molar-refractivity contribution in [2.24, 2.45) is 28.9 Å². The van der Waals surface area contributed by atoms with E-state index in [0.717, 1.165) is 17.8 Å². The molecule has 2 rings (SSSR count). The predicted octanol–water partition coefficient (Wildman–Crippen LogP) is 3.97. The molecule has 3 unspecified atom stereocenters. The summed E-state index contributed by atoms with van der Waals surface area (Å²) >= 11 is 0. The predicted molar refractivity (Wildman–Crippen MR) is 70.2 cm³/mol. The van der Waals surface area contributed by atoms with Gasteiger partial charge in [-0.3, -0.25) is 0 Å². The minimum Gasteiger partial charge on any atom is -0.327 e. The first-order valence-electron chi connectivity index (χ1n) is 7.28. The molecule has 1 nitrogen and oxygen atoms in total. The summed E-state index contributed by atoms with van der Waals surface area (Å²) in [4.78, 5) is 0. The molecule has 0 aromatic carbocycles. The molecular weight excluding hydrogens is 194 g/mol. The van der Waals surface area contributed by atoms with E-state index in [1.807, 2.05) is 0 Å². The Labute approximate surface area is 101 Å². The van der Waals surface area contributed by atoms with Crippen LogP contribution in [0, 0.1) is 23.2 Å². The molecule has 3 atom stereocenters. The molecule has 2 saturated carbocycles. The summed E-state index contributed by atoms with van der Waals surface area (Å²) in [6.45, 7) is 7.19. The van der Waals surface area contributed by atoms with Gasteiger partial charge in [0.2, 0.25) is 0 Å². The van der Waals surface area contributed by atoms with Gasteiger partial charge in [-0.2, -0.15) is 0 Å². The molecule has 0 aromatic heterocycles. The third-order valence-electron chi connectivity index (χ3n) is 5.50. The van der Waals surface area contributed by atoms with Crippen LogP contribution in [-0.2, 0) is 0 Å². The first-order valence-corrected chi connectivity index (χ1v) is 7.28. The Morgan fingerprint density at radius 1 is 1.12 bits per heavy atom. The summed E-state index contributed by atoms with van der Waals surface area (Å²) in [5.41, 5.74) is 6.99. The van der Waals surface area contributed by atoms with E-state index in [4.69, 9.17) is 5.73 Å². The summed E-state index contributed by atoms with van der Waals surface area (Å²) < 4.78 is 0. The van der Waals surface area contributed by atoms with E-state index in [1.54, 1.807) is 0 Å². The smallest absolute Gasteiger partial charge is 0.00748 e. The van der Waals surface area contributed by atoms with E-state index >= 15 is 0 Å². The molecule has 0 heterocycles. The van der Waals surface area contributed by atoms with E-state index in [0.29, 0.717) is 11.5 Å². The Balaban J connectivity index is 1.99. The van der Waals surface area contributed by atoms with Crippen LogP contribution < -0.4 is 5.73 Å². The van der Waals surface area contributed by atoms with Crippen LogP contribution in [0.15, 0.2) is 0 Å². The van der Waals surface area contributed by atoms with Gasteiger partial charge in [-0.05, 0) is 55.3 Å². The van der Waals surface area contributed by atoms with Crippen LogP contribution in [0.1, 0.15) is 65.7 Å². The number of rotatable bonds is 2. The second-order valence-corrected chi connectivity index (χ2v) is 6.95. The molecule has 0 aliphatic heterocycles. The highest BCUT2D eigenvalue weighted by Crippen LogP contribution is 2.50. The van der Waals surface area contributed by atoms with Crippen LogP contribution in [0.5, 0.6) is 0 Å². The van der Waals surface area contributed by atoms with Crippen molar-refractivity contribution in [2.75, 3.05) is 0 Å². The minimum absolute atomic E-state index is 0.458. The summed E-state index contributed by atoms with van der Waals surface area (Å²) in [5.74, 6) is 2.52. The maximum Gasteiger partial charge on any atom is 0.00748 e. The topological polar surface area (TPSA) is 26.0 Å². The second kappa shape index (κ2) is 4.68. The molecule has 94 valence electrons. The van der Waals surface area contributed by atoms with E-state index < -0.39 is 0 Å². The van der Waals surface area contributed by atoms with Crippen molar-refractivity contribution in [1.82, 2.24) is 0 Å². The maximum absolute atomic E-state index is 6.42. The molecule has 1 heteroatoms. The largest absolute Gasteiger partial charge is 0.327 e. The highest BCUT2D eigenvalue weighted by atomic mass is 14.7. The Bertz CT molecular complexity index is 230. The Hall–Kier alpha value is -0.0400. The van der Waals surface area contributed by atoms with Gasteiger partial charge >= 0.3 is 0 Å². The van der Waals surface area contributed by atoms with Crippen LogP contribution in [0.4, 0.5) is 0 Å². The zero-order valence-corrected chi connectivity index (χ0v) is 11.3. The van der Waals surface area contributed by atoms with Crippen molar-refractivity contribution < 1.29 is 0 Å². The number of hydrogen-bond acceptors (Lipinski definition) is 1. The summed E-state index contributed by atoms with van der Waals surface area (Å²) in [6, 6.07) is 0.458. The van der Waals surface area contributed by atoms with Gasteiger partial charge in [0.1, 0.15) is 0 Å². The highest BCUT2D eigenvalue weighted by molar-refractivity contribution is 4.95. The van der Waals surface area contributed by atoms with Crippen molar-refractivity contribution in [3.05, 3.63) is 0 Å². The van der Waals surface area contributed by atoms with Gasteiger partial charge in [-0.1, -0.05) is 33.6 Å². The van der Waals surface area contributed by atoms with E-state index in [-0.39, 0.29) is 0 Å². The van der Waals surface area contributed by atoms with Crippen molar-refractivity contribution in [3.8, 4) is 0 Å². The van der Waals surface area contributed by atoms with Crippen molar-refractivity contribution in [2.45, 2.75) is 71.8 Å².